The molecule has 2 nitrogen and oxygen atoms in total. The molecule has 0 fully saturated rings. The number of aryl methyl sites for hydroxylation is 1. The summed E-state index contributed by atoms with van der Waals surface area (Å²) in [4.78, 5) is 0. The third-order valence-electron chi connectivity index (χ3n) is 2.90. The van der Waals surface area contributed by atoms with E-state index >= 15 is 0 Å². The van der Waals surface area contributed by atoms with Crippen LogP contribution in [0.1, 0.15) is 31.4 Å². The molecular weight excluding hydrogens is 198 g/mol. The molecule has 0 aliphatic heterocycles. The predicted octanol–water partition coefficient (Wildman–Crippen LogP) is 2.29. The Kier molecular flexibility index (Phi) is 5.50. The Bertz CT molecular complexity index is 290. The molecule has 1 aromatic carbocycles. The highest BCUT2D eigenvalue weighted by Gasteiger charge is 2.09. The second-order valence-corrected chi connectivity index (χ2v) is 4.55. The average molecular weight is 221 g/mol. The van der Waals surface area contributed by atoms with Crippen LogP contribution in [0.2, 0.25) is 0 Å². The Morgan fingerprint density at radius 3 is 2.38 bits per heavy atom. The van der Waals surface area contributed by atoms with Gasteiger partial charge in [-0.15, -0.1) is 0 Å². The van der Waals surface area contributed by atoms with E-state index < -0.39 is 0 Å². The fraction of sp³-hybridized carbons (Fsp3) is 0.571. The number of hydrogen-bond donors (Lipinski definition) is 2. The van der Waals surface area contributed by atoms with Crippen molar-refractivity contribution in [2.75, 3.05) is 6.61 Å². The summed E-state index contributed by atoms with van der Waals surface area (Å²) in [6.07, 6.45) is 1.98. The van der Waals surface area contributed by atoms with Gasteiger partial charge in [-0.3, -0.25) is 0 Å². The van der Waals surface area contributed by atoms with Gasteiger partial charge in [0.05, 0.1) is 6.61 Å². The van der Waals surface area contributed by atoms with Crippen LogP contribution in [0.3, 0.4) is 0 Å². The molecule has 0 aliphatic rings. The SMILES string of the molecule is CCC(CO)NC(C)Cc1ccc(C)cc1. The Hall–Kier alpha value is -0.860. The number of rotatable bonds is 6. The topological polar surface area (TPSA) is 32.3 Å². The van der Waals surface area contributed by atoms with Crippen LogP contribution >= 0.6 is 0 Å². The summed E-state index contributed by atoms with van der Waals surface area (Å²) in [7, 11) is 0. The first-order valence-electron chi connectivity index (χ1n) is 6.08. The van der Waals surface area contributed by atoms with Crippen LogP contribution in [0.4, 0.5) is 0 Å². The van der Waals surface area contributed by atoms with Crippen molar-refractivity contribution in [1.82, 2.24) is 5.32 Å². The zero-order valence-electron chi connectivity index (χ0n) is 10.5. The molecule has 1 rings (SSSR count). The molecule has 0 saturated carbocycles. The van der Waals surface area contributed by atoms with Crippen LogP contribution in [0, 0.1) is 6.92 Å². The van der Waals surface area contributed by atoms with Crippen LogP contribution in [-0.2, 0) is 6.42 Å². The minimum absolute atomic E-state index is 0.217. The van der Waals surface area contributed by atoms with Crippen molar-refractivity contribution in [3.63, 3.8) is 0 Å². The van der Waals surface area contributed by atoms with Gasteiger partial charge in [0.15, 0.2) is 0 Å². The molecule has 2 atom stereocenters. The maximum Gasteiger partial charge on any atom is 0.0584 e. The van der Waals surface area contributed by atoms with E-state index in [0.29, 0.717) is 6.04 Å². The zero-order chi connectivity index (χ0) is 12.0. The van der Waals surface area contributed by atoms with E-state index in [2.05, 4.69) is 50.4 Å². The highest BCUT2D eigenvalue weighted by molar-refractivity contribution is 5.21. The van der Waals surface area contributed by atoms with E-state index in [1.165, 1.54) is 11.1 Å². The highest BCUT2D eigenvalue weighted by atomic mass is 16.3. The monoisotopic (exact) mass is 221 g/mol. The smallest absolute Gasteiger partial charge is 0.0584 e. The highest BCUT2D eigenvalue weighted by Crippen LogP contribution is 2.06. The summed E-state index contributed by atoms with van der Waals surface area (Å²) >= 11 is 0. The van der Waals surface area contributed by atoms with Gasteiger partial charge in [0.1, 0.15) is 0 Å². The molecule has 0 saturated heterocycles. The minimum Gasteiger partial charge on any atom is -0.395 e. The standard InChI is InChI=1S/C14H23NO/c1-4-14(10-16)15-12(3)9-13-7-5-11(2)6-8-13/h5-8,12,14-16H,4,9-10H2,1-3H3. The number of aliphatic hydroxyl groups excluding tert-OH is 1. The third-order valence-corrected chi connectivity index (χ3v) is 2.90. The minimum atomic E-state index is 0.217. The van der Waals surface area contributed by atoms with Gasteiger partial charge in [-0.05, 0) is 32.3 Å². The van der Waals surface area contributed by atoms with Gasteiger partial charge in [-0.1, -0.05) is 36.8 Å². The molecule has 0 radical (unpaired) electrons. The van der Waals surface area contributed by atoms with Gasteiger partial charge in [0.2, 0.25) is 0 Å². The number of aliphatic hydroxyl groups is 1. The van der Waals surface area contributed by atoms with Crippen molar-refractivity contribution in [1.29, 1.82) is 0 Å². The molecule has 0 heterocycles. The van der Waals surface area contributed by atoms with Crippen molar-refractivity contribution in [2.45, 2.75) is 45.7 Å². The molecule has 2 unspecified atom stereocenters. The third kappa shape index (κ3) is 4.33. The molecule has 2 heteroatoms. The predicted molar refractivity (Wildman–Crippen MR) is 68.6 cm³/mol. The zero-order valence-corrected chi connectivity index (χ0v) is 10.5. The molecule has 1 aromatic rings. The molecule has 0 amide bonds. The molecule has 0 aromatic heterocycles. The van der Waals surface area contributed by atoms with E-state index in [9.17, 15) is 0 Å². The second kappa shape index (κ2) is 6.66. The quantitative estimate of drug-likeness (QED) is 0.772. The van der Waals surface area contributed by atoms with Gasteiger partial charge in [0, 0.05) is 12.1 Å². The van der Waals surface area contributed by atoms with Crippen LogP contribution in [0.15, 0.2) is 24.3 Å². The number of nitrogens with one attached hydrogen (secondary N) is 1. The maximum absolute atomic E-state index is 9.11. The Balaban J connectivity index is 2.44. The van der Waals surface area contributed by atoms with Crippen molar-refractivity contribution in [3.05, 3.63) is 35.4 Å². The lowest BCUT2D eigenvalue weighted by atomic mass is 10.0. The Morgan fingerprint density at radius 2 is 1.88 bits per heavy atom. The van der Waals surface area contributed by atoms with Crippen molar-refractivity contribution < 1.29 is 5.11 Å². The van der Waals surface area contributed by atoms with Gasteiger partial charge in [0.25, 0.3) is 0 Å². The van der Waals surface area contributed by atoms with E-state index in [0.717, 1.165) is 12.8 Å². The van der Waals surface area contributed by atoms with Crippen molar-refractivity contribution in [3.8, 4) is 0 Å². The first kappa shape index (κ1) is 13.2. The molecule has 0 aliphatic carbocycles. The molecule has 0 bridgehead atoms. The largest absolute Gasteiger partial charge is 0.395 e. The normalized spacial score (nSPS) is 14.8. The molecule has 16 heavy (non-hydrogen) atoms. The first-order valence-corrected chi connectivity index (χ1v) is 6.08. The van der Waals surface area contributed by atoms with Crippen LogP contribution in [0.5, 0.6) is 0 Å². The molecule has 90 valence electrons. The lowest BCUT2D eigenvalue weighted by Gasteiger charge is -2.20. The van der Waals surface area contributed by atoms with Gasteiger partial charge in [-0.2, -0.15) is 0 Å². The van der Waals surface area contributed by atoms with E-state index in [-0.39, 0.29) is 12.6 Å². The van der Waals surface area contributed by atoms with Crippen LogP contribution in [0.25, 0.3) is 0 Å². The Labute approximate surface area is 98.7 Å². The summed E-state index contributed by atoms with van der Waals surface area (Å²) in [5, 5.41) is 12.5. The molecular formula is C14H23NO. The van der Waals surface area contributed by atoms with Gasteiger partial charge in [-0.25, -0.2) is 0 Å². The first-order chi connectivity index (χ1) is 7.65. The van der Waals surface area contributed by atoms with E-state index in [4.69, 9.17) is 5.11 Å². The average Bonchev–Trinajstić information content (AvgIpc) is 2.29. The summed E-state index contributed by atoms with van der Waals surface area (Å²) in [6, 6.07) is 9.26. The maximum atomic E-state index is 9.11. The second-order valence-electron chi connectivity index (χ2n) is 4.55. The van der Waals surface area contributed by atoms with E-state index in [1.807, 2.05) is 0 Å². The summed E-state index contributed by atoms with van der Waals surface area (Å²) in [5.74, 6) is 0. The molecule has 2 N–H and O–H groups in total. The molecule has 0 spiro atoms. The fourth-order valence-electron chi connectivity index (χ4n) is 1.84. The van der Waals surface area contributed by atoms with Gasteiger partial charge < -0.3 is 10.4 Å². The summed E-state index contributed by atoms with van der Waals surface area (Å²) < 4.78 is 0. The van der Waals surface area contributed by atoms with Crippen LogP contribution in [-0.4, -0.2) is 23.8 Å². The van der Waals surface area contributed by atoms with Gasteiger partial charge >= 0.3 is 0 Å². The summed E-state index contributed by atoms with van der Waals surface area (Å²) in [6.45, 7) is 6.57. The fourth-order valence-corrected chi connectivity index (χ4v) is 1.84. The lowest BCUT2D eigenvalue weighted by molar-refractivity contribution is 0.229. The summed E-state index contributed by atoms with van der Waals surface area (Å²) in [5.41, 5.74) is 2.64. The lowest BCUT2D eigenvalue weighted by Crippen LogP contribution is -2.39. The van der Waals surface area contributed by atoms with Crippen molar-refractivity contribution >= 4 is 0 Å². The number of hydrogen-bond acceptors (Lipinski definition) is 2. The number of benzene rings is 1. The van der Waals surface area contributed by atoms with Crippen molar-refractivity contribution in [2.24, 2.45) is 0 Å². The van der Waals surface area contributed by atoms with Crippen LogP contribution < -0.4 is 5.32 Å². The van der Waals surface area contributed by atoms with E-state index in [1.54, 1.807) is 0 Å². The Morgan fingerprint density at radius 1 is 1.25 bits per heavy atom.